The largest absolute Gasteiger partial charge is 0.397 e. The van der Waals surface area contributed by atoms with Crippen molar-refractivity contribution in [2.75, 3.05) is 18.8 Å². The van der Waals surface area contributed by atoms with Gasteiger partial charge in [-0.3, -0.25) is 9.78 Å². The van der Waals surface area contributed by atoms with E-state index >= 15 is 0 Å². The van der Waals surface area contributed by atoms with Crippen molar-refractivity contribution in [1.82, 2.24) is 9.88 Å². The van der Waals surface area contributed by atoms with Crippen LogP contribution in [-0.2, 0) is 4.79 Å². The number of benzene rings is 1. The Bertz CT molecular complexity index is 774. The van der Waals surface area contributed by atoms with E-state index in [0.29, 0.717) is 5.69 Å². The molecule has 1 fully saturated rings. The van der Waals surface area contributed by atoms with E-state index in [1.807, 2.05) is 25.7 Å². The number of rotatable bonds is 1. The molecule has 1 aliphatic rings. The molecule has 1 aromatic heterocycles. The van der Waals surface area contributed by atoms with Crippen molar-refractivity contribution < 1.29 is 9.18 Å². The zero-order valence-corrected chi connectivity index (χ0v) is 14.5. The molecule has 0 atom stereocenters. The van der Waals surface area contributed by atoms with Crippen LogP contribution in [-0.4, -0.2) is 28.9 Å². The Balaban J connectivity index is 1.79. The summed E-state index contributed by atoms with van der Waals surface area (Å²) in [5, 5.41) is 0.719. The molecule has 0 spiro atoms. The predicted molar refractivity (Wildman–Crippen MR) is 94.1 cm³/mol. The number of hydrogen-bond acceptors (Lipinski definition) is 3. The van der Waals surface area contributed by atoms with Crippen molar-refractivity contribution in [1.29, 1.82) is 0 Å². The summed E-state index contributed by atoms with van der Waals surface area (Å²) in [4.78, 5) is 19.0. The molecule has 2 aromatic rings. The molecule has 1 amide bonds. The van der Waals surface area contributed by atoms with Crippen LogP contribution in [0.15, 0.2) is 24.3 Å². The number of pyridine rings is 1. The molecule has 1 aromatic carbocycles. The second kappa shape index (κ2) is 6.04. The van der Waals surface area contributed by atoms with E-state index in [0.717, 1.165) is 42.5 Å². The average Bonchev–Trinajstić information content (AvgIpc) is 2.53. The Morgan fingerprint density at radius 2 is 1.92 bits per heavy atom. The number of nitrogens with zero attached hydrogens (tertiary/aromatic N) is 2. The summed E-state index contributed by atoms with van der Waals surface area (Å²) < 4.78 is 13.3. The average molecular weight is 329 g/mol. The van der Waals surface area contributed by atoms with E-state index in [2.05, 4.69) is 4.98 Å². The number of carbonyl (C=O) groups excluding carboxylic acids is 1. The first-order valence-corrected chi connectivity index (χ1v) is 8.41. The van der Waals surface area contributed by atoms with Crippen molar-refractivity contribution in [2.45, 2.75) is 39.5 Å². The first-order chi connectivity index (χ1) is 11.3. The number of nitrogen functional groups attached to an aromatic ring is 1. The quantitative estimate of drug-likeness (QED) is 0.867. The van der Waals surface area contributed by atoms with Crippen LogP contribution in [0, 0.1) is 11.2 Å². The third-order valence-electron chi connectivity index (χ3n) is 4.65. The molecule has 4 nitrogen and oxygen atoms in total. The topological polar surface area (TPSA) is 59.2 Å². The number of halogens is 1. The summed E-state index contributed by atoms with van der Waals surface area (Å²) in [5.74, 6) is 0.143. The van der Waals surface area contributed by atoms with Gasteiger partial charge in [0.05, 0.1) is 16.9 Å². The minimum atomic E-state index is -0.350. The number of amides is 1. The highest BCUT2D eigenvalue weighted by atomic mass is 19.1. The Hall–Kier alpha value is -2.17. The summed E-state index contributed by atoms with van der Waals surface area (Å²) in [5.41, 5.74) is 8.05. The number of carbonyl (C=O) groups is 1. The number of piperidine rings is 1. The Kier molecular flexibility index (Phi) is 4.20. The number of likely N-dealkylation sites (tertiary alicyclic amines) is 1. The molecule has 2 heterocycles. The monoisotopic (exact) mass is 329 g/mol. The van der Waals surface area contributed by atoms with Gasteiger partial charge in [0.1, 0.15) is 5.82 Å². The van der Waals surface area contributed by atoms with Crippen molar-refractivity contribution in [3.8, 4) is 0 Å². The van der Waals surface area contributed by atoms with E-state index in [-0.39, 0.29) is 23.1 Å². The van der Waals surface area contributed by atoms with Crippen molar-refractivity contribution in [3.63, 3.8) is 0 Å². The molecule has 1 aliphatic heterocycles. The van der Waals surface area contributed by atoms with E-state index < -0.39 is 0 Å². The number of anilines is 1. The van der Waals surface area contributed by atoms with Gasteiger partial charge in [-0.05, 0) is 37.1 Å². The number of nitrogens with two attached hydrogens (primary N) is 1. The van der Waals surface area contributed by atoms with Crippen molar-refractivity contribution in [2.24, 2.45) is 5.41 Å². The SMILES string of the molecule is CC(C)(C)C(=O)N1CCC(c2nc3ccc(F)cc3cc2N)CC1. The lowest BCUT2D eigenvalue weighted by molar-refractivity contribution is -0.140. The fourth-order valence-corrected chi connectivity index (χ4v) is 3.34. The Morgan fingerprint density at radius 1 is 1.25 bits per heavy atom. The van der Waals surface area contributed by atoms with E-state index in [4.69, 9.17) is 5.73 Å². The maximum absolute atomic E-state index is 13.3. The van der Waals surface area contributed by atoms with Crippen molar-refractivity contribution in [3.05, 3.63) is 35.8 Å². The number of hydrogen-bond donors (Lipinski definition) is 1. The zero-order valence-electron chi connectivity index (χ0n) is 14.5. The molecule has 0 aliphatic carbocycles. The molecule has 24 heavy (non-hydrogen) atoms. The van der Waals surface area contributed by atoms with E-state index in [1.54, 1.807) is 12.1 Å². The second-order valence-corrected chi connectivity index (χ2v) is 7.62. The highest BCUT2D eigenvalue weighted by Gasteiger charge is 2.31. The Labute approximate surface area is 141 Å². The smallest absolute Gasteiger partial charge is 0.227 e. The first-order valence-electron chi connectivity index (χ1n) is 8.41. The fourth-order valence-electron chi connectivity index (χ4n) is 3.34. The minimum Gasteiger partial charge on any atom is -0.397 e. The third-order valence-corrected chi connectivity index (χ3v) is 4.65. The number of aromatic nitrogens is 1. The Morgan fingerprint density at radius 3 is 2.54 bits per heavy atom. The summed E-state index contributed by atoms with van der Waals surface area (Å²) in [7, 11) is 0. The molecular weight excluding hydrogens is 305 g/mol. The fraction of sp³-hybridized carbons (Fsp3) is 0.474. The summed E-state index contributed by atoms with van der Waals surface area (Å²) >= 11 is 0. The number of fused-ring (bicyclic) bond motifs is 1. The maximum Gasteiger partial charge on any atom is 0.227 e. The lowest BCUT2D eigenvalue weighted by atomic mass is 9.89. The molecule has 1 saturated heterocycles. The molecule has 5 heteroatoms. The van der Waals surface area contributed by atoms with Gasteiger partial charge in [0.25, 0.3) is 0 Å². The van der Waals surface area contributed by atoms with E-state index in [1.165, 1.54) is 12.1 Å². The van der Waals surface area contributed by atoms with Crippen LogP contribution in [0.1, 0.15) is 45.2 Å². The van der Waals surface area contributed by atoms with Gasteiger partial charge in [-0.1, -0.05) is 20.8 Å². The highest BCUT2D eigenvalue weighted by molar-refractivity contribution is 5.83. The molecule has 0 saturated carbocycles. The van der Waals surface area contributed by atoms with Gasteiger partial charge in [-0.2, -0.15) is 0 Å². The molecule has 0 unspecified atom stereocenters. The summed E-state index contributed by atoms with van der Waals surface area (Å²) in [6, 6.07) is 6.35. The molecule has 128 valence electrons. The normalized spacial score (nSPS) is 16.6. The lowest BCUT2D eigenvalue weighted by Crippen LogP contribution is -2.43. The highest BCUT2D eigenvalue weighted by Crippen LogP contribution is 2.33. The van der Waals surface area contributed by atoms with Crippen LogP contribution < -0.4 is 5.73 Å². The van der Waals surface area contributed by atoms with Gasteiger partial charge in [0, 0.05) is 29.8 Å². The second-order valence-electron chi connectivity index (χ2n) is 7.62. The standard InChI is InChI=1S/C19H24FN3O/c1-19(2,3)18(24)23-8-6-12(7-9-23)17-15(21)11-13-10-14(20)4-5-16(13)22-17/h4-5,10-12H,6-9,21H2,1-3H3. The lowest BCUT2D eigenvalue weighted by Gasteiger charge is -2.35. The van der Waals surface area contributed by atoms with Gasteiger partial charge < -0.3 is 10.6 Å². The van der Waals surface area contributed by atoms with Crippen LogP contribution in [0.3, 0.4) is 0 Å². The van der Waals surface area contributed by atoms with Crippen LogP contribution in [0.4, 0.5) is 10.1 Å². The predicted octanol–water partition coefficient (Wildman–Crippen LogP) is 3.71. The van der Waals surface area contributed by atoms with Crippen molar-refractivity contribution >= 4 is 22.5 Å². The van der Waals surface area contributed by atoms with Crippen LogP contribution in [0.5, 0.6) is 0 Å². The first kappa shape index (κ1) is 16.7. The maximum atomic E-state index is 13.3. The third kappa shape index (κ3) is 3.21. The summed E-state index contributed by atoms with van der Waals surface area (Å²) in [6.07, 6.45) is 1.71. The van der Waals surface area contributed by atoms with Gasteiger partial charge >= 0.3 is 0 Å². The molecule has 0 bridgehead atoms. The zero-order chi connectivity index (χ0) is 17.5. The molecule has 0 radical (unpaired) electrons. The van der Waals surface area contributed by atoms with Gasteiger partial charge in [-0.15, -0.1) is 0 Å². The van der Waals surface area contributed by atoms with Crippen LogP contribution in [0.2, 0.25) is 0 Å². The molecule has 3 rings (SSSR count). The van der Waals surface area contributed by atoms with Gasteiger partial charge in [0.2, 0.25) is 5.91 Å². The molecular formula is C19H24FN3O. The van der Waals surface area contributed by atoms with Gasteiger partial charge in [-0.25, -0.2) is 4.39 Å². The van der Waals surface area contributed by atoms with Crippen LogP contribution in [0.25, 0.3) is 10.9 Å². The van der Waals surface area contributed by atoms with Gasteiger partial charge in [0.15, 0.2) is 0 Å². The molecule has 2 N–H and O–H groups in total. The van der Waals surface area contributed by atoms with E-state index in [9.17, 15) is 9.18 Å². The van der Waals surface area contributed by atoms with Crippen LogP contribution >= 0.6 is 0 Å². The summed E-state index contributed by atoms with van der Waals surface area (Å²) in [6.45, 7) is 7.29. The minimum absolute atomic E-state index is 0.191.